The molecule has 0 radical (unpaired) electrons. The zero-order valence-corrected chi connectivity index (χ0v) is 42.9. The first kappa shape index (κ1) is 56.3. The van der Waals surface area contributed by atoms with Gasteiger partial charge in [-0.3, -0.25) is 33.6 Å². The Labute approximate surface area is 441 Å². The molecule has 10 atom stereocenters. The van der Waals surface area contributed by atoms with Gasteiger partial charge in [0.05, 0.1) is 24.9 Å². The van der Waals surface area contributed by atoms with Gasteiger partial charge in [-0.05, 0) is 110 Å². The third kappa shape index (κ3) is 14.1. The number of nitrogens with zero attached hydrogens (tertiary/aromatic N) is 2. The van der Waals surface area contributed by atoms with E-state index in [1.54, 1.807) is 36.4 Å². The molecule has 7 unspecified atom stereocenters. The Hall–Kier alpha value is -7.39. The topological polar surface area (TPSA) is 296 Å². The SMILES string of the molecule is CCCCCOc1ccc(-c2ccc(-c3ccc(C(=O)N[C@H]4CCCNC(=O)C5C[C@@H](O)N5C(=O)C(C(C)O)NC(=O)C(CCc5ccc(O)cc5)NC(=O)C5C[C@@H](O)CN5C(=O)C(C(C)O)NC4=O)cc3)cc2)cc1. The summed E-state index contributed by atoms with van der Waals surface area (Å²) in [5.74, 6) is -5.17. The molecule has 0 saturated carbocycles. The van der Waals surface area contributed by atoms with Gasteiger partial charge >= 0.3 is 0 Å². The first-order valence-electron chi connectivity index (χ1n) is 26.0. The minimum Gasteiger partial charge on any atom is -0.508 e. The molecule has 7 rings (SSSR count). The summed E-state index contributed by atoms with van der Waals surface area (Å²) in [4.78, 5) is 100. The molecule has 0 bridgehead atoms. The molecule has 4 aromatic carbocycles. The largest absolute Gasteiger partial charge is 0.508 e. The number of rotatable bonds is 14. The summed E-state index contributed by atoms with van der Waals surface area (Å²) >= 11 is 0. The minimum absolute atomic E-state index is 0.00928. The fourth-order valence-electron chi connectivity index (χ4n) is 9.57. The van der Waals surface area contributed by atoms with Gasteiger partial charge in [0.2, 0.25) is 29.5 Å². The van der Waals surface area contributed by atoms with Crippen molar-refractivity contribution in [2.24, 2.45) is 0 Å². The lowest BCUT2D eigenvalue weighted by Gasteiger charge is -2.46. The van der Waals surface area contributed by atoms with Crippen molar-refractivity contribution in [2.45, 2.75) is 139 Å². The fraction of sp³-hybridized carbons (Fsp3) is 0.446. The highest BCUT2D eigenvalue weighted by atomic mass is 16.5. The van der Waals surface area contributed by atoms with Crippen molar-refractivity contribution >= 4 is 41.4 Å². The van der Waals surface area contributed by atoms with E-state index in [1.807, 2.05) is 48.5 Å². The number of aromatic hydroxyl groups is 1. The highest BCUT2D eigenvalue weighted by Gasteiger charge is 2.49. The van der Waals surface area contributed by atoms with Gasteiger partial charge in [-0.1, -0.05) is 80.4 Å². The molecule has 0 spiro atoms. The molecule has 20 nitrogen and oxygen atoms in total. The van der Waals surface area contributed by atoms with Crippen molar-refractivity contribution in [3.05, 3.63) is 108 Å². The van der Waals surface area contributed by atoms with Crippen LogP contribution in [0.15, 0.2) is 97.1 Å². The summed E-state index contributed by atoms with van der Waals surface area (Å²) in [5, 5.41) is 66.3. The number of nitrogens with one attached hydrogen (secondary N) is 5. The zero-order valence-electron chi connectivity index (χ0n) is 42.9. The molecule has 4 aromatic rings. The number of fused-ring (bicyclic) bond motifs is 2. The second kappa shape index (κ2) is 25.9. The van der Waals surface area contributed by atoms with E-state index >= 15 is 0 Å². The second-order valence-corrected chi connectivity index (χ2v) is 19.8. The Morgan fingerprint density at radius 2 is 1.28 bits per heavy atom. The van der Waals surface area contributed by atoms with Crippen molar-refractivity contribution in [3.8, 4) is 33.8 Å². The number of unbranched alkanes of at least 4 members (excludes halogenated alkanes) is 2. The van der Waals surface area contributed by atoms with E-state index in [1.165, 1.54) is 26.0 Å². The maximum Gasteiger partial charge on any atom is 0.251 e. The molecule has 3 aliphatic heterocycles. The Balaban J connectivity index is 1.10. The van der Waals surface area contributed by atoms with Crippen molar-refractivity contribution in [1.29, 1.82) is 0 Å². The number of ether oxygens (including phenoxy) is 1. The van der Waals surface area contributed by atoms with Crippen LogP contribution in [0.5, 0.6) is 11.5 Å². The maximum atomic E-state index is 14.4. The predicted octanol–water partition coefficient (Wildman–Crippen LogP) is 2.03. The Kier molecular flexibility index (Phi) is 19.2. The molecular weight excluding hydrogens is 979 g/mol. The van der Waals surface area contributed by atoms with Gasteiger partial charge in [-0.15, -0.1) is 0 Å². The van der Waals surface area contributed by atoms with Crippen LogP contribution in [-0.4, -0.2) is 157 Å². The van der Waals surface area contributed by atoms with Gasteiger partial charge in [-0.2, -0.15) is 0 Å². The highest BCUT2D eigenvalue weighted by molar-refractivity contribution is 6.00. The van der Waals surface area contributed by atoms with Crippen molar-refractivity contribution < 1.29 is 63.8 Å². The van der Waals surface area contributed by atoms with Crippen LogP contribution in [0.4, 0.5) is 0 Å². The van der Waals surface area contributed by atoms with E-state index in [9.17, 15) is 59.1 Å². The van der Waals surface area contributed by atoms with E-state index in [-0.39, 0.29) is 62.9 Å². The van der Waals surface area contributed by atoms with Crippen molar-refractivity contribution in [3.63, 3.8) is 0 Å². The van der Waals surface area contributed by atoms with E-state index in [2.05, 4.69) is 33.5 Å². The molecule has 3 aliphatic rings. The molecule has 3 saturated heterocycles. The second-order valence-electron chi connectivity index (χ2n) is 19.8. The van der Waals surface area contributed by atoms with Gasteiger partial charge in [-0.25, -0.2) is 0 Å². The predicted molar refractivity (Wildman–Crippen MR) is 279 cm³/mol. The monoisotopic (exact) mass is 1050 g/mol. The van der Waals surface area contributed by atoms with Crippen LogP contribution in [0.2, 0.25) is 0 Å². The molecule has 406 valence electrons. The van der Waals surface area contributed by atoms with Gasteiger partial charge in [0.25, 0.3) is 11.8 Å². The molecule has 0 aliphatic carbocycles. The normalized spacial score (nSPS) is 24.8. The van der Waals surface area contributed by atoms with Crippen molar-refractivity contribution in [2.75, 3.05) is 19.7 Å². The number of carbonyl (C=O) groups excluding carboxylic acids is 7. The number of phenolic OH excluding ortho intramolecular Hbond substituents is 1. The number of benzene rings is 4. The zero-order chi connectivity index (χ0) is 54.6. The average molecular weight is 1050 g/mol. The number of aryl methyl sites for hydroxylation is 1. The lowest BCUT2D eigenvalue weighted by atomic mass is 9.96. The van der Waals surface area contributed by atoms with Crippen LogP contribution in [-0.2, 0) is 35.2 Å². The Morgan fingerprint density at radius 1 is 0.697 bits per heavy atom. The first-order valence-corrected chi connectivity index (χ1v) is 26.0. The molecule has 10 N–H and O–H groups in total. The summed E-state index contributed by atoms with van der Waals surface area (Å²) in [6, 6.07) is 19.8. The van der Waals surface area contributed by atoms with Crippen LogP contribution in [0, 0.1) is 0 Å². The quantitative estimate of drug-likeness (QED) is 0.0811. The number of amides is 7. The molecule has 20 heteroatoms. The van der Waals surface area contributed by atoms with E-state index < -0.39 is 102 Å². The fourth-order valence-corrected chi connectivity index (χ4v) is 9.57. The summed E-state index contributed by atoms with van der Waals surface area (Å²) in [6.45, 7) is 4.82. The number of hydrogen-bond donors (Lipinski definition) is 10. The third-order valence-corrected chi connectivity index (χ3v) is 14.1. The van der Waals surface area contributed by atoms with Gasteiger partial charge in [0.15, 0.2) is 0 Å². The lowest BCUT2D eigenvalue weighted by Crippen LogP contribution is -2.69. The summed E-state index contributed by atoms with van der Waals surface area (Å²) in [7, 11) is 0. The van der Waals surface area contributed by atoms with Gasteiger partial charge in [0, 0.05) is 31.5 Å². The summed E-state index contributed by atoms with van der Waals surface area (Å²) in [6.07, 6.45) is -3.01. The number of phenols is 1. The van der Waals surface area contributed by atoms with E-state index in [0.29, 0.717) is 12.2 Å². The van der Waals surface area contributed by atoms with Crippen LogP contribution in [0.3, 0.4) is 0 Å². The smallest absolute Gasteiger partial charge is 0.251 e. The van der Waals surface area contributed by atoms with Crippen LogP contribution >= 0.6 is 0 Å². The third-order valence-electron chi connectivity index (χ3n) is 14.1. The van der Waals surface area contributed by atoms with Crippen molar-refractivity contribution in [1.82, 2.24) is 36.4 Å². The molecule has 76 heavy (non-hydrogen) atoms. The van der Waals surface area contributed by atoms with E-state index in [0.717, 1.165) is 57.1 Å². The van der Waals surface area contributed by atoms with E-state index in [4.69, 9.17) is 4.74 Å². The number of hydrogen-bond acceptors (Lipinski definition) is 13. The molecule has 7 amide bonds. The minimum atomic E-state index is -1.70. The number of aliphatic hydroxyl groups is 4. The molecular formula is C56H69N7O13. The number of carbonyl (C=O) groups is 7. The Bertz CT molecular complexity index is 2670. The summed E-state index contributed by atoms with van der Waals surface area (Å²) < 4.78 is 5.85. The molecule has 3 fully saturated rings. The highest BCUT2D eigenvalue weighted by Crippen LogP contribution is 2.29. The lowest BCUT2D eigenvalue weighted by molar-refractivity contribution is -0.178. The molecule has 3 heterocycles. The first-order chi connectivity index (χ1) is 36.4. The summed E-state index contributed by atoms with van der Waals surface area (Å²) in [5.41, 5.74) is 4.58. The van der Waals surface area contributed by atoms with Gasteiger partial charge < -0.3 is 66.7 Å². The van der Waals surface area contributed by atoms with Crippen LogP contribution in [0.25, 0.3) is 22.3 Å². The Morgan fingerprint density at radius 3 is 1.87 bits per heavy atom. The molecule has 0 aromatic heterocycles. The number of aliphatic hydroxyl groups excluding tert-OH is 4. The van der Waals surface area contributed by atoms with Crippen LogP contribution < -0.4 is 31.3 Å². The standard InChI is InChI=1S/C56H69N7O13/c1-4-5-6-28-76-42-24-20-38(21-25-42)36-14-12-35(13-15-36)37-16-18-39(19-17-37)50(69)58-43-8-7-27-57-53(72)46-30-47(68)63(46)56(75)49(33(3)65)61-52(71)44(26-11-34-9-22-40(66)23-10-34)59-54(73)45-29-41(67)31-62(45)55(74)48(32(2)64)60-51(43)70/h9-10,12-25,32-33,41,43-49,64-68H,4-8,11,26-31H2,1-3H3,(H,57,72)(H,58,69)(H,59,73)(H,60,70)(H,61,71)/t32?,33?,41-,43+,44?,45?,46?,47-,48?,49?/m1/s1. The maximum absolute atomic E-state index is 14.4. The average Bonchev–Trinajstić information content (AvgIpc) is 3.81. The van der Waals surface area contributed by atoms with Gasteiger partial charge in [0.1, 0.15) is 54.0 Å². The van der Waals surface area contributed by atoms with Crippen LogP contribution in [0.1, 0.15) is 88.1 Å².